The number of hydrogen-bond acceptors (Lipinski definition) is 5. The summed E-state index contributed by atoms with van der Waals surface area (Å²) in [6.07, 6.45) is 0.288. The molecule has 1 aromatic carbocycles. The van der Waals surface area contributed by atoms with Crippen LogP contribution in [0.15, 0.2) is 22.7 Å². The first kappa shape index (κ1) is 22.0. The second-order valence-electron chi connectivity index (χ2n) is 6.99. The molecule has 0 bridgehead atoms. The number of rotatable bonds is 9. The van der Waals surface area contributed by atoms with Gasteiger partial charge in [-0.25, -0.2) is 4.98 Å². The monoisotopic (exact) mass is 421 g/mol. The summed E-state index contributed by atoms with van der Waals surface area (Å²) in [5.41, 5.74) is 2.73. The summed E-state index contributed by atoms with van der Waals surface area (Å²) in [5, 5.41) is 3.34. The Kier molecular flexibility index (Phi) is 6.91. The van der Waals surface area contributed by atoms with Gasteiger partial charge < -0.3 is 14.0 Å². The smallest absolute Gasteiger partial charge is 0.329 e. The number of aromatic nitrogens is 4. The molecule has 0 aliphatic carbocycles. The first-order valence-corrected chi connectivity index (χ1v) is 10.2. The highest BCUT2D eigenvalue weighted by molar-refractivity contribution is 5.81. The van der Waals surface area contributed by atoms with Crippen LogP contribution in [0.5, 0.6) is 0 Å². The largest absolute Gasteiger partial charge is 0.471 e. The molecular weight excluding hydrogens is 395 g/mol. The molecule has 9 heteroatoms. The average molecular weight is 421 g/mol. The first-order valence-electron chi connectivity index (χ1n) is 10.2. The van der Waals surface area contributed by atoms with E-state index in [2.05, 4.69) is 44.9 Å². The molecule has 0 unspecified atom stereocenters. The molecule has 0 aliphatic heterocycles. The van der Waals surface area contributed by atoms with Crippen molar-refractivity contribution in [1.29, 1.82) is 0 Å². The molecule has 0 radical (unpaired) electrons. The van der Waals surface area contributed by atoms with Gasteiger partial charge in [-0.05, 0) is 43.3 Å². The van der Waals surface area contributed by atoms with Crippen LogP contribution in [0.4, 0.5) is 13.2 Å². The third-order valence-corrected chi connectivity index (χ3v) is 4.97. The zero-order chi connectivity index (χ0) is 21.7. The van der Waals surface area contributed by atoms with Crippen molar-refractivity contribution in [3.8, 4) is 0 Å². The van der Waals surface area contributed by atoms with Crippen molar-refractivity contribution in [3.63, 3.8) is 0 Å². The number of nitrogens with zero attached hydrogens (tertiary/aromatic N) is 5. The molecule has 3 rings (SSSR count). The number of alkyl halides is 3. The number of likely N-dealkylation sites (N-methyl/N-ethyl adjacent to an activating group) is 1. The molecule has 2 aromatic heterocycles. The van der Waals surface area contributed by atoms with Crippen LogP contribution in [0, 0.1) is 0 Å². The van der Waals surface area contributed by atoms with Crippen LogP contribution in [-0.2, 0) is 19.1 Å². The number of benzene rings is 1. The Hall–Kier alpha value is -2.68. The fourth-order valence-corrected chi connectivity index (χ4v) is 3.33. The van der Waals surface area contributed by atoms with Crippen molar-refractivity contribution in [2.75, 3.05) is 19.6 Å². The van der Waals surface area contributed by atoms with Gasteiger partial charge in [-0.2, -0.15) is 18.2 Å². The van der Waals surface area contributed by atoms with Gasteiger partial charge in [0.25, 0.3) is 0 Å². The molecule has 0 aliphatic rings. The quantitative estimate of drug-likeness (QED) is 0.492. The Labute approximate surface area is 173 Å². The Morgan fingerprint density at radius 2 is 1.87 bits per heavy atom. The molecule has 0 atom stereocenters. The van der Waals surface area contributed by atoms with Gasteiger partial charge in [0.1, 0.15) is 5.82 Å². The van der Waals surface area contributed by atoms with Gasteiger partial charge in [0.05, 0.1) is 11.0 Å². The maximum atomic E-state index is 12.6. The highest BCUT2D eigenvalue weighted by Gasteiger charge is 2.38. The Balaban J connectivity index is 1.84. The summed E-state index contributed by atoms with van der Waals surface area (Å²) < 4.78 is 44.2. The Bertz CT molecular complexity index is 1000. The SMILES string of the molecule is CCCc1nc2cc(/C=C/c3noc(C(F)(F)F)n3)ccc2n1CCN(CC)CC. The summed E-state index contributed by atoms with van der Waals surface area (Å²) in [5.74, 6) is -0.429. The fraction of sp³-hybridized carbons (Fsp3) is 0.476. The number of hydrogen-bond donors (Lipinski definition) is 0. The van der Waals surface area contributed by atoms with Crippen molar-refractivity contribution in [2.24, 2.45) is 0 Å². The maximum absolute atomic E-state index is 12.6. The van der Waals surface area contributed by atoms with Crippen LogP contribution in [0.2, 0.25) is 0 Å². The number of aryl methyl sites for hydroxylation is 1. The molecule has 0 spiro atoms. The van der Waals surface area contributed by atoms with E-state index in [-0.39, 0.29) is 5.82 Å². The highest BCUT2D eigenvalue weighted by atomic mass is 19.4. The normalized spacial score (nSPS) is 12.6. The van der Waals surface area contributed by atoms with E-state index in [9.17, 15) is 13.2 Å². The summed E-state index contributed by atoms with van der Waals surface area (Å²) in [7, 11) is 0. The molecule has 0 saturated carbocycles. The van der Waals surface area contributed by atoms with E-state index in [4.69, 9.17) is 4.98 Å². The molecule has 2 heterocycles. The molecule has 3 aromatic rings. The minimum absolute atomic E-state index is 0.126. The fourth-order valence-electron chi connectivity index (χ4n) is 3.33. The standard InChI is InChI=1S/C21H26F3N5O/c1-4-7-19-25-16-14-15(9-11-18-26-20(30-27-18)21(22,23)24)8-10-17(16)29(19)13-12-28(5-2)6-3/h8-11,14H,4-7,12-13H2,1-3H3/b11-9+. The van der Waals surface area contributed by atoms with Crippen molar-refractivity contribution in [2.45, 2.75) is 46.3 Å². The van der Waals surface area contributed by atoms with E-state index < -0.39 is 12.1 Å². The van der Waals surface area contributed by atoms with Crippen LogP contribution < -0.4 is 0 Å². The Morgan fingerprint density at radius 3 is 2.50 bits per heavy atom. The third kappa shape index (κ3) is 5.08. The zero-order valence-corrected chi connectivity index (χ0v) is 17.4. The van der Waals surface area contributed by atoms with Gasteiger partial charge in [0, 0.05) is 19.5 Å². The van der Waals surface area contributed by atoms with Gasteiger partial charge in [-0.3, -0.25) is 0 Å². The van der Waals surface area contributed by atoms with Gasteiger partial charge in [-0.15, -0.1) is 0 Å². The lowest BCUT2D eigenvalue weighted by atomic mass is 10.2. The topological polar surface area (TPSA) is 60.0 Å². The van der Waals surface area contributed by atoms with Crippen molar-refractivity contribution < 1.29 is 17.7 Å². The van der Waals surface area contributed by atoms with E-state index >= 15 is 0 Å². The maximum Gasteiger partial charge on any atom is 0.471 e. The second kappa shape index (κ2) is 9.42. The average Bonchev–Trinajstić information content (AvgIpc) is 3.32. The first-order chi connectivity index (χ1) is 14.4. The third-order valence-electron chi connectivity index (χ3n) is 4.97. The minimum Gasteiger partial charge on any atom is -0.329 e. The summed E-state index contributed by atoms with van der Waals surface area (Å²) in [4.78, 5) is 10.5. The van der Waals surface area contributed by atoms with Crippen LogP contribution in [0.25, 0.3) is 23.2 Å². The predicted octanol–water partition coefficient (Wildman–Crippen LogP) is 4.90. The lowest BCUT2D eigenvalue weighted by Gasteiger charge is -2.19. The highest BCUT2D eigenvalue weighted by Crippen LogP contribution is 2.27. The van der Waals surface area contributed by atoms with E-state index in [0.29, 0.717) is 0 Å². The molecule has 0 fully saturated rings. The van der Waals surface area contributed by atoms with Gasteiger partial charge in [-0.1, -0.05) is 38.1 Å². The van der Waals surface area contributed by atoms with Crippen molar-refractivity contribution >= 4 is 23.2 Å². The van der Waals surface area contributed by atoms with E-state index in [1.165, 1.54) is 6.08 Å². The summed E-state index contributed by atoms with van der Waals surface area (Å²) in [6.45, 7) is 10.3. The lowest BCUT2D eigenvalue weighted by molar-refractivity contribution is -0.159. The molecule has 0 N–H and O–H groups in total. The van der Waals surface area contributed by atoms with E-state index in [1.807, 2.05) is 18.2 Å². The van der Waals surface area contributed by atoms with Crippen LogP contribution >= 0.6 is 0 Å². The Morgan fingerprint density at radius 1 is 1.10 bits per heavy atom. The van der Waals surface area contributed by atoms with Gasteiger partial charge in [0.15, 0.2) is 5.82 Å². The lowest BCUT2D eigenvalue weighted by Crippen LogP contribution is -2.27. The van der Waals surface area contributed by atoms with E-state index in [1.54, 1.807) is 6.08 Å². The second-order valence-corrected chi connectivity index (χ2v) is 6.99. The minimum atomic E-state index is -4.65. The molecule has 6 nitrogen and oxygen atoms in total. The molecule has 30 heavy (non-hydrogen) atoms. The van der Waals surface area contributed by atoms with Gasteiger partial charge in [0.2, 0.25) is 0 Å². The molecule has 0 saturated heterocycles. The summed E-state index contributed by atoms with van der Waals surface area (Å²) >= 11 is 0. The number of fused-ring (bicyclic) bond motifs is 1. The van der Waals surface area contributed by atoms with Crippen LogP contribution in [0.3, 0.4) is 0 Å². The number of halogens is 3. The predicted molar refractivity (Wildman–Crippen MR) is 110 cm³/mol. The summed E-state index contributed by atoms with van der Waals surface area (Å²) in [6, 6.07) is 5.83. The zero-order valence-electron chi connectivity index (χ0n) is 17.4. The van der Waals surface area contributed by atoms with Crippen molar-refractivity contribution in [3.05, 3.63) is 41.3 Å². The van der Waals surface area contributed by atoms with Gasteiger partial charge >= 0.3 is 12.1 Å². The molecular formula is C21H26F3N5O. The number of imidazole rings is 1. The van der Waals surface area contributed by atoms with Crippen LogP contribution in [0.1, 0.15) is 50.3 Å². The van der Waals surface area contributed by atoms with E-state index in [0.717, 1.165) is 61.4 Å². The van der Waals surface area contributed by atoms with Crippen LogP contribution in [-0.4, -0.2) is 44.2 Å². The molecule has 162 valence electrons. The molecule has 0 amide bonds. The van der Waals surface area contributed by atoms with Crippen molar-refractivity contribution in [1.82, 2.24) is 24.6 Å².